The molecule has 3 N–H and O–H groups in total. The molecule has 0 spiro atoms. The van der Waals surface area contributed by atoms with Crippen molar-refractivity contribution in [2.24, 2.45) is 11.1 Å². The molecule has 0 aromatic heterocycles. The fourth-order valence-electron chi connectivity index (χ4n) is 2.94. The van der Waals surface area contributed by atoms with Gasteiger partial charge < -0.3 is 20.5 Å². The van der Waals surface area contributed by atoms with Gasteiger partial charge in [-0.3, -0.25) is 9.69 Å². The Bertz CT molecular complexity index is 566. The first-order chi connectivity index (χ1) is 10.9. The molecule has 7 heteroatoms. The number of piperidine rings is 1. The van der Waals surface area contributed by atoms with Gasteiger partial charge in [0.05, 0.1) is 20.8 Å². The third-order valence-electron chi connectivity index (χ3n) is 4.43. The van der Waals surface area contributed by atoms with Gasteiger partial charge in [-0.05, 0) is 24.0 Å². The summed E-state index contributed by atoms with van der Waals surface area (Å²) < 4.78 is 10.4. The molecule has 1 saturated heterocycles. The summed E-state index contributed by atoms with van der Waals surface area (Å²) in [5.41, 5.74) is 6.86. The summed E-state index contributed by atoms with van der Waals surface area (Å²) in [4.78, 5) is 14.4. The van der Waals surface area contributed by atoms with Gasteiger partial charge in [0.1, 0.15) is 0 Å². The average molecular weight is 358 g/mol. The van der Waals surface area contributed by atoms with Crippen molar-refractivity contribution in [2.45, 2.75) is 26.3 Å². The summed E-state index contributed by atoms with van der Waals surface area (Å²) in [6.45, 7) is 6.34. The van der Waals surface area contributed by atoms with Crippen LogP contribution in [-0.2, 0) is 4.79 Å². The number of rotatable bonds is 5. The third-order valence-corrected chi connectivity index (χ3v) is 4.43. The number of methoxy groups -OCH3 is 2. The average Bonchev–Trinajstić information content (AvgIpc) is 2.50. The van der Waals surface area contributed by atoms with Crippen LogP contribution in [0.4, 0.5) is 5.69 Å². The summed E-state index contributed by atoms with van der Waals surface area (Å²) in [6.07, 6.45) is 0.913. The normalized spacial score (nSPS) is 20.0. The Morgan fingerprint density at radius 2 is 2.00 bits per heavy atom. The first-order valence-electron chi connectivity index (χ1n) is 7.85. The maximum Gasteiger partial charge on any atom is 0.238 e. The highest BCUT2D eigenvalue weighted by atomic mass is 35.5. The van der Waals surface area contributed by atoms with Crippen LogP contribution >= 0.6 is 12.4 Å². The van der Waals surface area contributed by atoms with Gasteiger partial charge in [-0.2, -0.15) is 0 Å². The number of amides is 1. The molecule has 1 aromatic rings. The molecule has 6 nitrogen and oxygen atoms in total. The molecule has 1 aliphatic heterocycles. The number of nitrogens with zero attached hydrogens (tertiary/aromatic N) is 1. The molecule has 1 aliphatic rings. The van der Waals surface area contributed by atoms with E-state index in [0.717, 1.165) is 19.5 Å². The summed E-state index contributed by atoms with van der Waals surface area (Å²) >= 11 is 0. The second-order valence-electron chi connectivity index (χ2n) is 6.71. The minimum absolute atomic E-state index is 0. The zero-order valence-corrected chi connectivity index (χ0v) is 15.6. The molecule has 0 bridgehead atoms. The Morgan fingerprint density at radius 3 is 2.58 bits per heavy atom. The van der Waals surface area contributed by atoms with Crippen LogP contribution in [0, 0.1) is 5.41 Å². The number of hydrogen-bond donors (Lipinski definition) is 2. The Hall–Kier alpha value is -1.50. The molecule has 1 amide bonds. The molecular weight excluding hydrogens is 330 g/mol. The molecule has 1 fully saturated rings. The molecule has 0 aliphatic carbocycles. The monoisotopic (exact) mass is 357 g/mol. The van der Waals surface area contributed by atoms with Gasteiger partial charge in [0.15, 0.2) is 11.5 Å². The molecule has 2 rings (SSSR count). The van der Waals surface area contributed by atoms with Crippen LogP contribution in [0.25, 0.3) is 0 Å². The first-order valence-corrected chi connectivity index (χ1v) is 7.85. The third kappa shape index (κ3) is 5.00. The second kappa shape index (κ2) is 8.55. The Labute approximate surface area is 150 Å². The van der Waals surface area contributed by atoms with Crippen molar-refractivity contribution in [3.8, 4) is 11.5 Å². The fraction of sp³-hybridized carbons (Fsp3) is 0.588. The number of hydrogen-bond acceptors (Lipinski definition) is 5. The van der Waals surface area contributed by atoms with Gasteiger partial charge in [0, 0.05) is 30.9 Å². The van der Waals surface area contributed by atoms with E-state index in [1.165, 1.54) is 0 Å². The SMILES string of the molecule is COc1ccc(NC(=O)CN2CCC(N)C(C)(C)C2)cc1OC.Cl. The van der Waals surface area contributed by atoms with E-state index in [2.05, 4.69) is 24.1 Å². The van der Waals surface area contributed by atoms with Crippen LogP contribution in [0.2, 0.25) is 0 Å². The topological polar surface area (TPSA) is 76.8 Å². The van der Waals surface area contributed by atoms with Crippen LogP contribution in [0.3, 0.4) is 0 Å². The van der Waals surface area contributed by atoms with E-state index in [1.54, 1.807) is 32.4 Å². The van der Waals surface area contributed by atoms with E-state index in [9.17, 15) is 4.79 Å². The number of benzene rings is 1. The largest absolute Gasteiger partial charge is 0.493 e. The maximum atomic E-state index is 12.3. The lowest BCUT2D eigenvalue weighted by Crippen LogP contribution is -2.53. The van der Waals surface area contributed by atoms with E-state index in [-0.39, 0.29) is 29.8 Å². The van der Waals surface area contributed by atoms with Crippen LogP contribution in [0.5, 0.6) is 11.5 Å². The zero-order valence-electron chi connectivity index (χ0n) is 14.8. The molecule has 1 heterocycles. The highest BCUT2D eigenvalue weighted by Crippen LogP contribution is 2.30. The number of anilines is 1. The molecular formula is C17H28ClN3O3. The van der Waals surface area contributed by atoms with Crippen LogP contribution < -0.4 is 20.5 Å². The van der Waals surface area contributed by atoms with Gasteiger partial charge in [-0.1, -0.05) is 13.8 Å². The minimum atomic E-state index is -0.0384. The van der Waals surface area contributed by atoms with Gasteiger partial charge in [-0.25, -0.2) is 0 Å². The van der Waals surface area contributed by atoms with Gasteiger partial charge in [-0.15, -0.1) is 12.4 Å². The zero-order chi connectivity index (χ0) is 17.0. The van der Waals surface area contributed by atoms with Crippen LogP contribution in [-0.4, -0.2) is 50.7 Å². The van der Waals surface area contributed by atoms with Crippen molar-refractivity contribution in [1.82, 2.24) is 4.90 Å². The van der Waals surface area contributed by atoms with Crippen molar-refractivity contribution in [3.05, 3.63) is 18.2 Å². The predicted octanol–water partition coefficient (Wildman–Crippen LogP) is 2.12. The van der Waals surface area contributed by atoms with Crippen molar-refractivity contribution >= 4 is 24.0 Å². The Morgan fingerprint density at radius 1 is 1.33 bits per heavy atom. The van der Waals surface area contributed by atoms with E-state index in [1.807, 2.05) is 0 Å². The highest BCUT2D eigenvalue weighted by Gasteiger charge is 2.33. The molecule has 1 unspecified atom stereocenters. The molecule has 24 heavy (non-hydrogen) atoms. The lowest BCUT2D eigenvalue weighted by Gasteiger charge is -2.42. The fourth-order valence-corrected chi connectivity index (χ4v) is 2.94. The molecule has 136 valence electrons. The second-order valence-corrected chi connectivity index (χ2v) is 6.71. The predicted molar refractivity (Wildman–Crippen MR) is 98.2 cm³/mol. The van der Waals surface area contributed by atoms with Gasteiger partial charge in [0.2, 0.25) is 5.91 Å². The number of carbonyl (C=O) groups excluding carboxylic acids is 1. The number of halogens is 1. The Kier molecular flexibility index (Phi) is 7.32. The minimum Gasteiger partial charge on any atom is -0.493 e. The van der Waals surface area contributed by atoms with E-state index in [4.69, 9.17) is 15.2 Å². The molecule has 1 aromatic carbocycles. The van der Waals surface area contributed by atoms with Crippen molar-refractivity contribution in [2.75, 3.05) is 39.2 Å². The number of nitrogens with two attached hydrogens (primary N) is 1. The van der Waals surface area contributed by atoms with Gasteiger partial charge >= 0.3 is 0 Å². The first kappa shape index (κ1) is 20.5. The highest BCUT2D eigenvalue weighted by molar-refractivity contribution is 5.92. The molecule has 1 atom stereocenters. The van der Waals surface area contributed by atoms with Gasteiger partial charge in [0.25, 0.3) is 0 Å². The maximum absolute atomic E-state index is 12.3. The van der Waals surface area contributed by atoms with Crippen LogP contribution in [0.15, 0.2) is 18.2 Å². The summed E-state index contributed by atoms with van der Waals surface area (Å²) in [5.74, 6) is 1.19. The van der Waals surface area contributed by atoms with Crippen molar-refractivity contribution in [3.63, 3.8) is 0 Å². The summed E-state index contributed by atoms with van der Waals surface area (Å²) in [5, 5.41) is 2.91. The summed E-state index contributed by atoms with van der Waals surface area (Å²) in [6, 6.07) is 5.52. The molecule has 0 radical (unpaired) electrons. The Balaban J connectivity index is 0.00000288. The van der Waals surface area contributed by atoms with Crippen LogP contribution in [0.1, 0.15) is 20.3 Å². The number of carbonyl (C=O) groups is 1. The van der Waals surface area contributed by atoms with E-state index >= 15 is 0 Å². The van der Waals surface area contributed by atoms with Crippen molar-refractivity contribution in [1.29, 1.82) is 0 Å². The number of likely N-dealkylation sites (tertiary alicyclic amines) is 1. The smallest absolute Gasteiger partial charge is 0.238 e. The van der Waals surface area contributed by atoms with Crippen molar-refractivity contribution < 1.29 is 14.3 Å². The quantitative estimate of drug-likeness (QED) is 0.844. The van der Waals surface area contributed by atoms with E-state index < -0.39 is 0 Å². The standard InChI is InChI=1S/C17H27N3O3.ClH/c1-17(2)11-20(8-7-15(17)18)10-16(21)19-12-5-6-13(22-3)14(9-12)23-4;/h5-6,9,15H,7-8,10-11,18H2,1-4H3,(H,19,21);1H. The number of nitrogens with one attached hydrogen (secondary N) is 1. The lowest BCUT2D eigenvalue weighted by molar-refractivity contribution is -0.118. The molecule has 0 saturated carbocycles. The number of ether oxygens (including phenoxy) is 2. The lowest BCUT2D eigenvalue weighted by atomic mass is 9.80. The summed E-state index contributed by atoms with van der Waals surface area (Å²) in [7, 11) is 3.15. The van der Waals surface area contributed by atoms with E-state index in [0.29, 0.717) is 23.7 Å².